The number of nitro groups is 1. The molecule has 0 spiro atoms. The lowest BCUT2D eigenvalue weighted by molar-refractivity contribution is -0.383. The number of anilines is 1. The average Bonchev–Trinajstić information content (AvgIpc) is 3.10. The molecule has 0 bridgehead atoms. The van der Waals surface area contributed by atoms with E-state index in [1.807, 2.05) is 24.3 Å². The Kier molecular flexibility index (Phi) is 5.69. The van der Waals surface area contributed by atoms with E-state index in [-0.39, 0.29) is 23.0 Å². The summed E-state index contributed by atoms with van der Waals surface area (Å²) in [7, 11) is 0. The third kappa shape index (κ3) is 4.50. The summed E-state index contributed by atoms with van der Waals surface area (Å²) < 4.78 is 0.988. The van der Waals surface area contributed by atoms with Gasteiger partial charge in [0, 0.05) is 10.5 Å². The molecule has 9 heteroatoms. The first kappa shape index (κ1) is 18.2. The minimum Gasteiger partial charge on any atom is -0.333 e. The third-order valence-electron chi connectivity index (χ3n) is 3.42. The molecule has 0 aliphatic carbocycles. The van der Waals surface area contributed by atoms with E-state index in [0.717, 1.165) is 15.7 Å². The molecule has 0 fully saturated rings. The van der Waals surface area contributed by atoms with Gasteiger partial charge in [0.15, 0.2) is 5.16 Å². The summed E-state index contributed by atoms with van der Waals surface area (Å²) in [6.07, 6.45) is 1.70. The Morgan fingerprint density at radius 3 is 2.69 bits per heavy atom. The molecule has 1 aromatic heterocycles. The van der Waals surface area contributed by atoms with Crippen LogP contribution in [0.2, 0.25) is 0 Å². The van der Waals surface area contributed by atoms with E-state index < -0.39 is 4.92 Å². The summed E-state index contributed by atoms with van der Waals surface area (Å²) in [6.45, 7) is 0. The highest BCUT2D eigenvalue weighted by Crippen LogP contribution is 2.25. The minimum absolute atomic E-state index is 0.0827. The number of hydrogen-bond acceptors (Lipinski definition) is 5. The quantitative estimate of drug-likeness (QED) is 0.339. The van der Waals surface area contributed by atoms with E-state index in [1.165, 1.54) is 23.9 Å². The molecule has 0 aliphatic heterocycles. The highest BCUT2D eigenvalue weighted by atomic mass is 79.9. The lowest BCUT2D eigenvalue weighted by Gasteiger charge is -2.04. The number of benzene rings is 2. The molecule has 0 aliphatic rings. The average molecular weight is 433 g/mol. The number of H-pyrrole nitrogens is 1. The van der Waals surface area contributed by atoms with Gasteiger partial charge in [-0.25, -0.2) is 4.98 Å². The summed E-state index contributed by atoms with van der Waals surface area (Å²) >= 11 is 4.61. The summed E-state index contributed by atoms with van der Waals surface area (Å²) in [6, 6.07) is 13.8. The number of hydrogen-bond donors (Lipinski definition) is 2. The predicted molar refractivity (Wildman–Crippen MR) is 104 cm³/mol. The van der Waals surface area contributed by atoms with E-state index >= 15 is 0 Å². The van der Waals surface area contributed by atoms with Gasteiger partial charge >= 0.3 is 0 Å². The standard InChI is InChI=1S/C17H13BrN4O3S/c18-12-7-5-11(6-8-12)14-9-19-17(21-14)26-10-16(23)20-13-3-1-2-4-15(13)22(24)25/h1-9H,10H2,(H,19,21)(H,20,23). The number of aromatic nitrogens is 2. The number of imidazole rings is 1. The number of rotatable bonds is 6. The van der Waals surface area contributed by atoms with Crippen LogP contribution in [0.4, 0.5) is 11.4 Å². The fourth-order valence-corrected chi connectivity index (χ4v) is 3.12. The number of amides is 1. The number of para-hydroxylation sites is 2. The second-order valence-electron chi connectivity index (χ2n) is 5.22. The number of halogens is 1. The summed E-state index contributed by atoms with van der Waals surface area (Å²) in [5, 5.41) is 14.1. The van der Waals surface area contributed by atoms with Gasteiger partial charge in [-0.2, -0.15) is 0 Å². The van der Waals surface area contributed by atoms with Crippen molar-refractivity contribution in [1.29, 1.82) is 0 Å². The molecule has 1 heterocycles. The number of nitrogens with zero attached hydrogens (tertiary/aromatic N) is 2. The topological polar surface area (TPSA) is 101 Å². The van der Waals surface area contributed by atoms with Crippen molar-refractivity contribution in [3.8, 4) is 11.3 Å². The van der Waals surface area contributed by atoms with Crippen LogP contribution in [0.3, 0.4) is 0 Å². The Hall–Kier alpha value is -2.65. The van der Waals surface area contributed by atoms with Crippen molar-refractivity contribution in [2.24, 2.45) is 0 Å². The lowest BCUT2D eigenvalue weighted by Crippen LogP contribution is -2.15. The van der Waals surface area contributed by atoms with Crippen molar-refractivity contribution < 1.29 is 9.72 Å². The predicted octanol–water partition coefficient (Wildman–Crippen LogP) is 4.48. The van der Waals surface area contributed by atoms with E-state index in [0.29, 0.717) is 5.16 Å². The van der Waals surface area contributed by atoms with E-state index in [1.54, 1.807) is 18.3 Å². The smallest absolute Gasteiger partial charge is 0.292 e. The monoisotopic (exact) mass is 432 g/mol. The van der Waals surface area contributed by atoms with Gasteiger partial charge in [-0.1, -0.05) is 52.0 Å². The Bertz CT molecular complexity index is 943. The van der Waals surface area contributed by atoms with Crippen LogP contribution in [0, 0.1) is 10.1 Å². The van der Waals surface area contributed by atoms with Gasteiger partial charge in [0.1, 0.15) is 5.69 Å². The molecule has 2 aromatic carbocycles. The number of thioether (sulfide) groups is 1. The fourth-order valence-electron chi connectivity index (χ4n) is 2.21. The molecule has 132 valence electrons. The molecule has 1 amide bonds. The Labute approximate surface area is 161 Å². The summed E-state index contributed by atoms with van der Waals surface area (Å²) in [5.41, 5.74) is 1.87. The lowest BCUT2D eigenvalue weighted by atomic mass is 10.2. The maximum absolute atomic E-state index is 12.1. The molecule has 0 unspecified atom stereocenters. The molecule has 3 rings (SSSR count). The minimum atomic E-state index is -0.528. The first-order valence-electron chi connectivity index (χ1n) is 7.50. The van der Waals surface area contributed by atoms with Crippen molar-refractivity contribution in [1.82, 2.24) is 9.97 Å². The highest BCUT2D eigenvalue weighted by molar-refractivity contribution is 9.10. The first-order valence-corrected chi connectivity index (χ1v) is 9.28. The third-order valence-corrected chi connectivity index (χ3v) is 4.84. The molecule has 3 aromatic rings. The molecule has 26 heavy (non-hydrogen) atoms. The van der Waals surface area contributed by atoms with Crippen LogP contribution in [-0.2, 0) is 4.79 Å². The van der Waals surface area contributed by atoms with Gasteiger partial charge in [0.05, 0.1) is 22.6 Å². The zero-order valence-electron chi connectivity index (χ0n) is 13.3. The van der Waals surface area contributed by atoms with Crippen LogP contribution in [0.15, 0.2) is 64.4 Å². The molecule has 0 saturated heterocycles. The molecule has 0 radical (unpaired) electrons. The molecule has 0 saturated carbocycles. The maximum Gasteiger partial charge on any atom is 0.292 e. The van der Waals surface area contributed by atoms with E-state index in [2.05, 4.69) is 31.2 Å². The van der Waals surface area contributed by atoms with Crippen LogP contribution in [-0.4, -0.2) is 26.6 Å². The normalized spacial score (nSPS) is 10.5. The van der Waals surface area contributed by atoms with Gasteiger partial charge in [-0.05, 0) is 23.8 Å². The number of nitrogens with one attached hydrogen (secondary N) is 2. The van der Waals surface area contributed by atoms with Gasteiger partial charge in [0.2, 0.25) is 5.91 Å². The van der Waals surface area contributed by atoms with Gasteiger partial charge in [-0.15, -0.1) is 0 Å². The van der Waals surface area contributed by atoms with Crippen LogP contribution >= 0.6 is 27.7 Å². The molecule has 7 nitrogen and oxygen atoms in total. The second-order valence-corrected chi connectivity index (χ2v) is 7.10. The summed E-state index contributed by atoms with van der Waals surface area (Å²) in [5.74, 6) is -0.259. The number of carbonyl (C=O) groups excluding carboxylic acids is 1. The SMILES string of the molecule is O=C(CSc1ncc(-c2ccc(Br)cc2)[nH]1)Nc1ccccc1[N+](=O)[O-]. The Balaban J connectivity index is 1.60. The number of nitro benzene ring substituents is 1. The summed E-state index contributed by atoms with van der Waals surface area (Å²) in [4.78, 5) is 29.9. The Morgan fingerprint density at radius 2 is 1.96 bits per heavy atom. The zero-order chi connectivity index (χ0) is 18.5. The Morgan fingerprint density at radius 1 is 1.23 bits per heavy atom. The second kappa shape index (κ2) is 8.15. The van der Waals surface area contributed by atoms with Crippen LogP contribution in [0.1, 0.15) is 0 Å². The van der Waals surface area contributed by atoms with E-state index in [4.69, 9.17) is 0 Å². The molecule has 2 N–H and O–H groups in total. The maximum atomic E-state index is 12.1. The van der Waals surface area contributed by atoms with Crippen molar-refractivity contribution in [2.75, 3.05) is 11.1 Å². The molecular weight excluding hydrogens is 420 g/mol. The number of carbonyl (C=O) groups is 1. The fraction of sp³-hybridized carbons (Fsp3) is 0.0588. The zero-order valence-corrected chi connectivity index (χ0v) is 15.7. The van der Waals surface area contributed by atoms with Crippen LogP contribution < -0.4 is 5.32 Å². The van der Waals surface area contributed by atoms with Crippen molar-refractivity contribution in [3.05, 3.63) is 69.3 Å². The van der Waals surface area contributed by atoms with E-state index in [9.17, 15) is 14.9 Å². The van der Waals surface area contributed by atoms with Gasteiger partial charge in [0.25, 0.3) is 5.69 Å². The van der Waals surface area contributed by atoms with Crippen LogP contribution in [0.25, 0.3) is 11.3 Å². The highest BCUT2D eigenvalue weighted by Gasteiger charge is 2.15. The molecular formula is C17H13BrN4O3S. The van der Waals surface area contributed by atoms with Crippen LogP contribution in [0.5, 0.6) is 0 Å². The van der Waals surface area contributed by atoms with Gasteiger partial charge in [-0.3, -0.25) is 14.9 Å². The van der Waals surface area contributed by atoms with Gasteiger partial charge < -0.3 is 10.3 Å². The van der Waals surface area contributed by atoms with Crippen molar-refractivity contribution >= 4 is 45.0 Å². The number of aromatic amines is 1. The first-order chi connectivity index (χ1) is 12.5. The van der Waals surface area contributed by atoms with Crippen molar-refractivity contribution in [3.63, 3.8) is 0 Å². The molecule has 0 atom stereocenters. The largest absolute Gasteiger partial charge is 0.333 e. The van der Waals surface area contributed by atoms with Crippen molar-refractivity contribution in [2.45, 2.75) is 5.16 Å².